The third kappa shape index (κ3) is 4.08. The highest BCUT2D eigenvalue weighted by Crippen LogP contribution is 2.23. The van der Waals surface area contributed by atoms with Crippen molar-refractivity contribution in [3.63, 3.8) is 0 Å². The van der Waals surface area contributed by atoms with Crippen molar-refractivity contribution in [3.8, 4) is 5.75 Å². The Morgan fingerprint density at radius 1 is 1.40 bits per heavy atom. The number of nitrogens with one attached hydrogen (secondary N) is 1. The number of hydrogen-bond acceptors (Lipinski definition) is 4. The van der Waals surface area contributed by atoms with Gasteiger partial charge in [-0.1, -0.05) is 0 Å². The molecule has 4 heteroatoms. The Hall–Kier alpha value is -1.42. The SMILES string of the molecule is CC(C)Oc1cc(N)cc(NCCO)c1. The molecule has 0 aliphatic carbocycles. The number of nitrogens with two attached hydrogens (primary N) is 1. The Balaban J connectivity index is 2.75. The van der Waals surface area contributed by atoms with Crippen LogP contribution in [0.15, 0.2) is 18.2 Å². The Kier molecular flexibility index (Phi) is 4.24. The number of aliphatic hydroxyl groups is 1. The van der Waals surface area contributed by atoms with Crippen LogP contribution in [0.1, 0.15) is 13.8 Å². The van der Waals surface area contributed by atoms with E-state index in [0.717, 1.165) is 11.4 Å². The lowest BCUT2D eigenvalue weighted by molar-refractivity contribution is 0.242. The van der Waals surface area contributed by atoms with E-state index in [1.165, 1.54) is 0 Å². The molecule has 0 heterocycles. The van der Waals surface area contributed by atoms with E-state index >= 15 is 0 Å². The molecular weight excluding hydrogens is 192 g/mol. The summed E-state index contributed by atoms with van der Waals surface area (Å²) in [6.07, 6.45) is 0.123. The Morgan fingerprint density at radius 2 is 2.13 bits per heavy atom. The number of rotatable bonds is 5. The normalized spacial score (nSPS) is 10.4. The molecule has 4 nitrogen and oxygen atoms in total. The average molecular weight is 210 g/mol. The highest BCUT2D eigenvalue weighted by Gasteiger charge is 2.01. The molecule has 1 aromatic carbocycles. The molecule has 0 aromatic heterocycles. The van der Waals surface area contributed by atoms with Gasteiger partial charge in [0.1, 0.15) is 5.75 Å². The first-order valence-corrected chi connectivity index (χ1v) is 5.04. The fourth-order valence-electron chi connectivity index (χ4n) is 1.26. The minimum atomic E-state index is 0.0924. The Bertz CT molecular complexity index is 313. The topological polar surface area (TPSA) is 67.5 Å². The fraction of sp³-hybridized carbons (Fsp3) is 0.455. The van der Waals surface area contributed by atoms with E-state index in [9.17, 15) is 0 Å². The number of nitrogen functional groups attached to an aromatic ring is 1. The molecule has 0 saturated heterocycles. The van der Waals surface area contributed by atoms with Crippen molar-refractivity contribution in [2.75, 3.05) is 24.2 Å². The van der Waals surface area contributed by atoms with Crippen molar-refractivity contribution in [3.05, 3.63) is 18.2 Å². The van der Waals surface area contributed by atoms with Gasteiger partial charge in [-0.2, -0.15) is 0 Å². The minimum Gasteiger partial charge on any atom is -0.491 e. The standard InChI is InChI=1S/C11H18N2O2/c1-8(2)15-11-6-9(12)5-10(7-11)13-3-4-14/h5-8,13-14H,3-4,12H2,1-2H3. The van der Waals surface area contributed by atoms with E-state index in [1.54, 1.807) is 6.07 Å². The molecule has 1 rings (SSSR count). The summed E-state index contributed by atoms with van der Waals surface area (Å²) in [5.74, 6) is 0.741. The van der Waals surface area contributed by atoms with Crippen LogP contribution in [-0.4, -0.2) is 24.4 Å². The zero-order chi connectivity index (χ0) is 11.3. The van der Waals surface area contributed by atoms with Crippen molar-refractivity contribution < 1.29 is 9.84 Å². The summed E-state index contributed by atoms with van der Waals surface area (Å²) in [4.78, 5) is 0. The Morgan fingerprint density at radius 3 is 2.73 bits per heavy atom. The molecule has 84 valence electrons. The highest BCUT2D eigenvalue weighted by atomic mass is 16.5. The number of anilines is 2. The lowest BCUT2D eigenvalue weighted by Crippen LogP contribution is -2.08. The minimum absolute atomic E-state index is 0.0924. The van der Waals surface area contributed by atoms with E-state index in [2.05, 4.69) is 5.32 Å². The van der Waals surface area contributed by atoms with Gasteiger partial charge in [0.25, 0.3) is 0 Å². The first-order chi connectivity index (χ1) is 7.11. The summed E-state index contributed by atoms with van der Waals surface area (Å²) in [6.45, 7) is 4.52. The zero-order valence-corrected chi connectivity index (χ0v) is 9.16. The summed E-state index contributed by atoms with van der Waals surface area (Å²) < 4.78 is 5.53. The van der Waals surface area contributed by atoms with Crippen LogP contribution in [0.2, 0.25) is 0 Å². The van der Waals surface area contributed by atoms with Crippen LogP contribution in [0.25, 0.3) is 0 Å². The quantitative estimate of drug-likeness (QED) is 0.644. The summed E-state index contributed by atoms with van der Waals surface area (Å²) in [6, 6.07) is 5.46. The van der Waals surface area contributed by atoms with Crippen molar-refractivity contribution in [2.45, 2.75) is 20.0 Å². The van der Waals surface area contributed by atoms with Gasteiger partial charge < -0.3 is 20.9 Å². The molecule has 0 atom stereocenters. The van der Waals surface area contributed by atoms with Crippen molar-refractivity contribution in [1.29, 1.82) is 0 Å². The van der Waals surface area contributed by atoms with Crippen LogP contribution in [0.5, 0.6) is 5.75 Å². The molecule has 0 aliphatic rings. The molecule has 0 amide bonds. The molecule has 15 heavy (non-hydrogen) atoms. The van der Waals surface area contributed by atoms with Crippen LogP contribution in [0.3, 0.4) is 0 Å². The third-order valence-corrected chi connectivity index (χ3v) is 1.74. The van der Waals surface area contributed by atoms with Crippen molar-refractivity contribution in [1.82, 2.24) is 0 Å². The van der Waals surface area contributed by atoms with Crippen LogP contribution >= 0.6 is 0 Å². The lowest BCUT2D eigenvalue weighted by Gasteiger charge is -2.12. The summed E-state index contributed by atoms with van der Waals surface area (Å²) in [5, 5.41) is 11.7. The monoisotopic (exact) mass is 210 g/mol. The van der Waals surface area contributed by atoms with E-state index in [1.807, 2.05) is 26.0 Å². The maximum atomic E-state index is 8.69. The van der Waals surface area contributed by atoms with Gasteiger partial charge in [0.05, 0.1) is 12.7 Å². The molecule has 0 unspecified atom stereocenters. The van der Waals surface area contributed by atoms with Crippen LogP contribution < -0.4 is 15.8 Å². The smallest absolute Gasteiger partial charge is 0.123 e. The first kappa shape index (κ1) is 11.7. The van der Waals surface area contributed by atoms with Gasteiger partial charge in [-0.3, -0.25) is 0 Å². The van der Waals surface area contributed by atoms with Crippen molar-refractivity contribution >= 4 is 11.4 Å². The second-order valence-electron chi connectivity index (χ2n) is 3.61. The summed E-state index contributed by atoms with van der Waals surface area (Å²) in [5.41, 5.74) is 7.23. The predicted octanol–water partition coefficient (Wildman–Crippen LogP) is 1.46. The first-order valence-electron chi connectivity index (χ1n) is 5.04. The van der Waals surface area contributed by atoms with E-state index in [-0.39, 0.29) is 12.7 Å². The van der Waals surface area contributed by atoms with E-state index in [0.29, 0.717) is 12.2 Å². The number of ether oxygens (including phenoxy) is 1. The molecule has 0 bridgehead atoms. The number of hydrogen-bond donors (Lipinski definition) is 3. The van der Waals surface area contributed by atoms with Gasteiger partial charge in [-0.05, 0) is 19.9 Å². The summed E-state index contributed by atoms with van der Waals surface area (Å²) in [7, 11) is 0. The lowest BCUT2D eigenvalue weighted by atomic mass is 10.2. The molecule has 0 radical (unpaired) electrons. The van der Waals surface area contributed by atoms with Gasteiger partial charge in [-0.25, -0.2) is 0 Å². The predicted molar refractivity (Wildman–Crippen MR) is 62.2 cm³/mol. The van der Waals surface area contributed by atoms with Crippen molar-refractivity contribution in [2.24, 2.45) is 0 Å². The summed E-state index contributed by atoms with van der Waals surface area (Å²) >= 11 is 0. The molecule has 0 fully saturated rings. The van der Waals surface area contributed by atoms with Gasteiger partial charge >= 0.3 is 0 Å². The molecule has 1 aromatic rings. The molecule has 0 saturated carbocycles. The number of benzene rings is 1. The maximum Gasteiger partial charge on any atom is 0.123 e. The second-order valence-corrected chi connectivity index (χ2v) is 3.61. The van der Waals surface area contributed by atoms with Gasteiger partial charge in [-0.15, -0.1) is 0 Å². The highest BCUT2D eigenvalue weighted by molar-refractivity contribution is 5.59. The third-order valence-electron chi connectivity index (χ3n) is 1.74. The largest absolute Gasteiger partial charge is 0.491 e. The molecular formula is C11H18N2O2. The van der Waals surface area contributed by atoms with Gasteiger partial charge in [0, 0.05) is 30.1 Å². The fourth-order valence-corrected chi connectivity index (χ4v) is 1.26. The van der Waals surface area contributed by atoms with E-state index < -0.39 is 0 Å². The molecule has 0 spiro atoms. The van der Waals surface area contributed by atoms with Crippen LogP contribution in [0.4, 0.5) is 11.4 Å². The molecule has 0 aliphatic heterocycles. The Labute approximate surface area is 90.1 Å². The molecule has 4 N–H and O–H groups in total. The van der Waals surface area contributed by atoms with Crippen LogP contribution in [0, 0.1) is 0 Å². The second kappa shape index (κ2) is 5.46. The van der Waals surface area contributed by atoms with Gasteiger partial charge in [0.15, 0.2) is 0 Å². The average Bonchev–Trinajstić information content (AvgIpc) is 2.12. The zero-order valence-electron chi connectivity index (χ0n) is 9.16. The number of aliphatic hydroxyl groups excluding tert-OH is 1. The maximum absolute atomic E-state index is 8.69. The van der Waals surface area contributed by atoms with E-state index in [4.69, 9.17) is 15.6 Å². The van der Waals surface area contributed by atoms with Gasteiger partial charge in [0.2, 0.25) is 0 Å². The van der Waals surface area contributed by atoms with Crippen LogP contribution in [-0.2, 0) is 0 Å².